The van der Waals surface area contributed by atoms with E-state index >= 15 is 0 Å². The number of nitrogens with one attached hydrogen (secondary N) is 1. The van der Waals surface area contributed by atoms with Gasteiger partial charge in [0.2, 0.25) is 0 Å². The lowest BCUT2D eigenvalue weighted by molar-refractivity contribution is 0.210. The van der Waals surface area contributed by atoms with E-state index in [1.165, 1.54) is 11.7 Å². The number of carbonyl (C=O) groups is 1. The molecule has 1 N–H and O–H groups in total. The Morgan fingerprint density at radius 2 is 2.29 bits per heavy atom. The first kappa shape index (κ1) is 11.8. The molecule has 0 unspecified atom stereocenters. The summed E-state index contributed by atoms with van der Waals surface area (Å²) in [5.41, 5.74) is 2.75. The third-order valence-electron chi connectivity index (χ3n) is 2.62. The average Bonchev–Trinajstić information content (AvgIpc) is 2.83. The van der Waals surface area contributed by atoms with Gasteiger partial charge in [0.05, 0.1) is 11.7 Å². The van der Waals surface area contributed by atoms with Crippen LogP contribution in [0.2, 0.25) is 0 Å². The summed E-state index contributed by atoms with van der Waals surface area (Å²) in [5, 5.41) is 2.86. The Labute approximate surface area is 104 Å². The molecule has 1 aromatic heterocycles. The molecule has 0 saturated heterocycles. The predicted molar refractivity (Wildman–Crippen MR) is 68.0 cm³/mol. The van der Waals surface area contributed by atoms with Crippen LogP contribution >= 0.6 is 11.7 Å². The van der Waals surface area contributed by atoms with Gasteiger partial charge in [0.1, 0.15) is 11.0 Å². The van der Waals surface area contributed by atoms with Gasteiger partial charge in [-0.3, -0.25) is 0 Å². The second kappa shape index (κ2) is 5.09. The van der Waals surface area contributed by atoms with Crippen molar-refractivity contribution in [1.29, 1.82) is 0 Å². The minimum Gasteiger partial charge on any atom is -0.334 e. The molecule has 2 rings (SSSR count). The molecule has 17 heavy (non-hydrogen) atoms. The number of rotatable bonds is 3. The van der Waals surface area contributed by atoms with Crippen molar-refractivity contribution < 1.29 is 4.79 Å². The Morgan fingerprint density at radius 1 is 1.47 bits per heavy atom. The van der Waals surface area contributed by atoms with Gasteiger partial charge in [-0.2, -0.15) is 8.75 Å². The van der Waals surface area contributed by atoms with Gasteiger partial charge >= 0.3 is 6.03 Å². The summed E-state index contributed by atoms with van der Waals surface area (Å²) in [6, 6.07) is 5.72. The Kier molecular flexibility index (Phi) is 3.53. The van der Waals surface area contributed by atoms with Crippen LogP contribution in [0.15, 0.2) is 18.2 Å². The Bertz CT molecular complexity index is 525. The van der Waals surface area contributed by atoms with Crippen molar-refractivity contribution in [3.63, 3.8) is 0 Å². The minimum absolute atomic E-state index is 0.0762. The third kappa shape index (κ3) is 2.52. The highest BCUT2D eigenvalue weighted by molar-refractivity contribution is 7.00. The summed E-state index contributed by atoms with van der Waals surface area (Å²) in [6.45, 7) is 3.10. The Hall–Kier alpha value is -1.69. The summed E-state index contributed by atoms with van der Waals surface area (Å²) in [4.78, 5) is 13.2. The van der Waals surface area contributed by atoms with E-state index in [0.717, 1.165) is 16.6 Å². The molecule has 2 aromatic rings. The highest BCUT2D eigenvalue weighted by atomic mass is 32.1. The van der Waals surface area contributed by atoms with E-state index in [1.54, 1.807) is 11.9 Å². The summed E-state index contributed by atoms with van der Waals surface area (Å²) in [5.74, 6) is 0. The van der Waals surface area contributed by atoms with E-state index in [4.69, 9.17) is 0 Å². The van der Waals surface area contributed by atoms with Crippen molar-refractivity contribution in [2.24, 2.45) is 0 Å². The van der Waals surface area contributed by atoms with Crippen LogP contribution in [-0.2, 0) is 6.54 Å². The van der Waals surface area contributed by atoms with E-state index in [1.807, 2.05) is 25.1 Å². The van der Waals surface area contributed by atoms with Crippen LogP contribution in [-0.4, -0.2) is 33.3 Å². The van der Waals surface area contributed by atoms with Gasteiger partial charge in [0, 0.05) is 25.7 Å². The van der Waals surface area contributed by atoms with Crippen LogP contribution in [0.1, 0.15) is 12.5 Å². The van der Waals surface area contributed by atoms with E-state index < -0.39 is 0 Å². The predicted octanol–water partition coefficient (Wildman–Crippen LogP) is 1.85. The largest absolute Gasteiger partial charge is 0.334 e. The third-order valence-corrected chi connectivity index (χ3v) is 3.16. The number of nitrogens with zero attached hydrogens (tertiary/aromatic N) is 3. The van der Waals surface area contributed by atoms with Crippen LogP contribution < -0.4 is 5.32 Å². The van der Waals surface area contributed by atoms with E-state index in [-0.39, 0.29) is 6.03 Å². The van der Waals surface area contributed by atoms with Crippen LogP contribution in [0.3, 0.4) is 0 Å². The van der Waals surface area contributed by atoms with Crippen molar-refractivity contribution in [3.8, 4) is 0 Å². The molecule has 0 saturated carbocycles. The molecule has 0 fully saturated rings. The lowest BCUT2D eigenvalue weighted by Crippen LogP contribution is -2.36. The Morgan fingerprint density at radius 3 is 3.06 bits per heavy atom. The zero-order chi connectivity index (χ0) is 12.3. The van der Waals surface area contributed by atoms with E-state index in [0.29, 0.717) is 13.1 Å². The maximum absolute atomic E-state index is 11.6. The topological polar surface area (TPSA) is 58.1 Å². The van der Waals surface area contributed by atoms with E-state index in [2.05, 4.69) is 14.1 Å². The quantitative estimate of drug-likeness (QED) is 0.904. The lowest BCUT2D eigenvalue weighted by Gasteiger charge is -2.15. The molecule has 0 aliphatic rings. The van der Waals surface area contributed by atoms with Gasteiger partial charge in [-0.15, -0.1) is 0 Å². The number of benzene rings is 1. The standard InChI is InChI=1S/C11H14N4OS/c1-3-15(2)11(16)12-7-8-5-4-6-9-10(8)14-17-13-9/h4-6H,3,7H2,1-2H3,(H,12,16). The van der Waals surface area contributed by atoms with Crippen molar-refractivity contribution in [3.05, 3.63) is 23.8 Å². The second-order valence-corrected chi connectivity index (χ2v) is 4.25. The van der Waals surface area contributed by atoms with Crippen LogP contribution in [0.25, 0.3) is 11.0 Å². The second-order valence-electron chi connectivity index (χ2n) is 3.72. The first-order valence-corrected chi connectivity index (χ1v) is 6.14. The first-order chi connectivity index (χ1) is 8.22. The van der Waals surface area contributed by atoms with E-state index in [9.17, 15) is 4.79 Å². The molecule has 5 nitrogen and oxygen atoms in total. The fourth-order valence-corrected chi connectivity index (χ4v) is 2.02. The maximum atomic E-state index is 11.6. The zero-order valence-corrected chi connectivity index (χ0v) is 10.6. The fraction of sp³-hybridized carbons (Fsp3) is 0.364. The number of fused-ring (bicyclic) bond motifs is 1. The van der Waals surface area contributed by atoms with Gasteiger partial charge in [-0.25, -0.2) is 4.79 Å². The van der Waals surface area contributed by atoms with Crippen LogP contribution in [0.4, 0.5) is 4.79 Å². The number of amides is 2. The molecule has 6 heteroatoms. The van der Waals surface area contributed by atoms with Gasteiger partial charge in [0.15, 0.2) is 0 Å². The van der Waals surface area contributed by atoms with Crippen molar-refractivity contribution >= 4 is 28.8 Å². The van der Waals surface area contributed by atoms with Crippen LogP contribution in [0, 0.1) is 0 Å². The van der Waals surface area contributed by atoms with Crippen molar-refractivity contribution in [2.75, 3.05) is 13.6 Å². The van der Waals surface area contributed by atoms with Gasteiger partial charge in [-0.1, -0.05) is 12.1 Å². The number of carbonyl (C=O) groups excluding carboxylic acids is 1. The monoisotopic (exact) mass is 250 g/mol. The summed E-state index contributed by atoms with van der Waals surface area (Å²) in [7, 11) is 1.76. The maximum Gasteiger partial charge on any atom is 0.317 e. The lowest BCUT2D eigenvalue weighted by atomic mass is 10.2. The number of hydrogen-bond acceptors (Lipinski definition) is 4. The van der Waals surface area contributed by atoms with Crippen LogP contribution in [0.5, 0.6) is 0 Å². The molecular formula is C11H14N4OS. The molecule has 1 aromatic carbocycles. The molecule has 0 atom stereocenters. The zero-order valence-electron chi connectivity index (χ0n) is 9.80. The summed E-state index contributed by atoms with van der Waals surface area (Å²) >= 11 is 1.19. The minimum atomic E-state index is -0.0762. The number of aromatic nitrogens is 2. The normalized spacial score (nSPS) is 10.5. The molecule has 0 radical (unpaired) electrons. The molecule has 2 amide bonds. The highest BCUT2D eigenvalue weighted by Gasteiger charge is 2.08. The summed E-state index contributed by atoms with van der Waals surface area (Å²) in [6.07, 6.45) is 0. The molecule has 90 valence electrons. The Balaban J connectivity index is 2.09. The molecule has 1 heterocycles. The molecule has 0 aliphatic heterocycles. The molecule has 0 spiro atoms. The van der Waals surface area contributed by atoms with Gasteiger partial charge in [0.25, 0.3) is 0 Å². The first-order valence-electron chi connectivity index (χ1n) is 5.41. The smallest absolute Gasteiger partial charge is 0.317 e. The van der Waals surface area contributed by atoms with Crippen molar-refractivity contribution in [2.45, 2.75) is 13.5 Å². The number of hydrogen-bond donors (Lipinski definition) is 1. The molecular weight excluding hydrogens is 236 g/mol. The molecule has 0 aliphatic carbocycles. The molecule has 0 bridgehead atoms. The summed E-state index contributed by atoms with van der Waals surface area (Å²) < 4.78 is 8.39. The van der Waals surface area contributed by atoms with Crippen molar-refractivity contribution in [1.82, 2.24) is 19.0 Å². The number of urea groups is 1. The highest BCUT2D eigenvalue weighted by Crippen LogP contribution is 2.15. The van der Waals surface area contributed by atoms with Gasteiger partial charge < -0.3 is 10.2 Å². The van der Waals surface area contributed by atoms with Gasteiger partial charge in [-0.05, 0) is 13.0 Å². The fourth-order valence-electron chi connectivity index (χ4n) is 1.45. The SMILES string of the molecule is CCN(C)C(=O)NCc1cccc2nsnc12. The average molecular weight is 250 g/mol.